The van der Waals surface area contributed by atoms with E-state index in [1.54, 1.807) is 36.4 Å². The van der Waals surface area contributed by atoms with Crippen LogP contribution in [0.15, 0.2) is 48.5 Å². The molecular formula is C21H23Cl3N2O3. The Morgan fingerprint density at radius 1 is 1.07 bits per heavy atom. The zero-order chi connectivity index (χ0) is 21.4. The Morgan fingerprint density at radius 2 is 1.72 bits per heavy atom. The molecule has 5 nitrogen and oxygen atoms in total. The summed E-state index contributed by atoms with van der Waals surface area (Å²) in [6, 6.07) is 13.6. The molecular weight excluding hydrogens is 435 g/mol. The SMILES string of the molecule is CCCCOC(=O)c1ccc(N[C@H](NC(=O)c2ccccc2C)C(Cl)(Cl)Cl)cc1. The summed E-state index contributed by atoms with van der Waals surface area (Å²) >= 11 is 18.2. The topological polar surface area (TPSA) is 67.4 Å². The van der Waals surface area contributed by atoms with E-state index < -0.39 is 15.9 Å². The van der Waals surface area contributed by atoms with Crippen molar-refractivity contribution in [2.24, 2.45) is 0 Å². The molecule has 2 aromatic carbocycles. The van der Waals surface area contributed by atoms with E-state index in [4.69, 9.17) is 39.5 Å². The molecule has 2 aromatic rings. The van der Waals surface area contributed by atoms with Crippen LogP contribution in [-0.4, -0.2) is 28.4 Å². The van der Waals surface area contributed by atoms with Crippen LogP contribution in [0.25, 0.3) is 0 Å². The molecule has 0 fully saturated rings. The summed E-state index contributed by atoms with van der Waals surface area (Å²) < 4.78 is 3.37. The van der Waals surface area contributed by atoms with Crippen molar-refractivity contribution in [1.82, 2.24) is 5.32 Å². The highest BCUT2D eigenvalue weighted by Crippen LogP contribution is 2.31. The standard InChI is InChI=1S/C21H23Cl3N2O3/c1-3-4-13-29-19(28)15-9-11-16(12-10-15)25-20(21(22,23)24)26-18(27)17-8-6-5-7-14(17)2/h5-12,20,25H,3-4,13H2,1-2H3,(H,26,27)/t20-/m1/s1. The molecule has 0 spiro atoms. The highest BCUT2D eigenvalue weighted by Gasteiger charge is 2.34. The molecule has 2 N–H and O–H groups in total. The lowest BCUT2D eigenvalue weighted by atomic mass is 10.1. The van der Waals surface area contributed by atoms with Crippen LogP contribution < -0.4 is 10.6 Å². The minimum atomic E-state index is -1.81. The Bertz CT molecular complexity index is 836. The van der Waals surface area contributed by atoms with Gasteiger partial charge in [0.1, 0.15) is 6.17 Å². The number of alkyl halides is 3. The second-order valence-corrected chi connectivity index (χ2v) is 8.84. The van der Waals surface area contributed by atoms with Gasteiger partial charge in [0.25, 0.3) is 5.91 Å². The largest absolute Gasteiger partial charge is 0.462 e. The number of benzene rings is 2. The number of carbonyl (C=O) groups is 2. The molecule has 0 radical (unpaired) electrons. The molecule has 0 saturated heterocycles. The second-order valence-electron chi connectivity index (χ2n) is 6.47. The molecule has 29 heavy (non-hydrogen) atoms. The Hall–Kier alpha value is -1.95. The maximum atomic E-state index is 12.6. The smallest absolute Gasteiger partial charge is 0.338 e. The van der Waals surface area contributed by atoms with Gasteiger partial charge in [-0.25, -0.2) is 4.79 Å². The third-order valence-corrected chi connectivity index (χ3v) is 4.81. The van der Waals surface area contributed by atoms with Gasteiger partial charge in [-0.05, 0) is 49.2 Å². The monoisotopic (exact) mass is 456 g/mol. The van der Waals surface area contributed by atoms with Crippen LogP contribution in [0.5, 0.6) is 0 Å². The zero-order valence-electron chi connectivity index (χ0n) is 16.2. The lowest BCUT2D eigenvalue weighted by Crippen LogP contribution is -2.49. The summed E-state index contributed by atoms with van der Waals surface area (Å²) in [5, 5.41) is 5.67. The zero-order valence-corrected chi connectivity index (χ0v) is 18.4. The molecule has 1 amide bonds. The first kappa shape index (κ1) is 23.3. The number of aryl methyl sites for hydroxylation is 1. The number of anilines is 1. The van der Waals surface area contributed by atoms with Crippen molar-refractivity contribution in [1.29, 1.82) is 0 Å². The van der Waals surface area contributed by atoms with Crippen molar-refractivity contribution in [2.45, 2.75) is 36.6 Å². The number of amides is 1. The number of nitrogens with one attached hydrogen (secondary N) is 2. The molecule has 0 aliphatic heterocycles. The van der Waals surface area contributed by atoms with E-state index in [9.17, 15) is 9.59 Å². The first-order valence-corrected chi connectivity index (χ1v) is 10.3. The van der Waals surface area contributed by atoms with Crippen molar-refractivity contribution in [2.75, 3.05) is 11.9 Å². The number of esters is 1. The first-order chi connectivity index (χ1) is 13.7. The minimum absolute atomic E-state index is 0.372. The van der Waals surface area contributed by atoms with Gasteiger partial charge in [0, 0.05) is 11.3 Å². The fourth-order valence-electron chi connectivity index (χ4n) is 2.50. The van der Waals surface area contributed by atoms with Gasteiger partial charge in [-0.2, -0.15) is 0 Å². The lowest BCUT2D eigenvalue weighted by Gasteiger charge is -2.27. The molecule has 0 bridgehead atoms. The molecule has 0 aliphatic carbocycles. The molecule has 0 unspecified atom stereocenters. The van der Waals surface area contributed by atoms with Crippen molar-refractivity contribution in [3.05, 3.63) is 65.2 Å². The summed E-state index contributed by atoms with van der Waals surface area (Å²) in [5.41, 5.74) is 2.27. The second kappa shape index (κ2) is 10.7. The van der Waals surface area contributed by atoms with Crippen LogP contribution in [0.2, 0.25) is 0 Å². The Kier molecular flexibility index (Phi) is 8.62. The van der Waals surface area contributed by atoms with Gasteiger partial charge < -0.3 is 15.4 Å². The molecule has 156 valence electrons. The number of hydrogen-bond donors (Lipinski definition) is 2. The summed E-state index contributed by atoms with van der Waals surface area (Å²) in [6.45, 7) is 4.23. The molecule has 0 aromatic heterocycles. The van der Waals surface area contributed by atoms with Crippen LogP contribution >= 0.6 is 34.8 Å². The van der Waals surface area contributed by atoms with Gasteiger partial charge in [0.05, 0.1) is 12.2 Å². The van der Waals surface area contributed by atoms with E-state index in [1.165, 1.54) is 0 Å². The van der Waals surface area contributed by atoms with E-state index in [0.29, 0.717) is 23.4 Å². The fourth-order valence-corrected chi connectivity index (χ4v) is 2.83. The molecule has 2 rings (SSSR count). The number of unbranched alkanes of at least 4 members (excludes halogenated alkanes) is 1. The van der Waals surface area contributed by atoms with Gasteiger partial charge in [0.2, 0.25) is 3.79 Å². The first-order valence-electron chi connectivity index (χ1n) is 9.19. The lowest BCUT2D eigenvalue weighted by molar-refractivity contribution is 0.0499. The van der Waals surface area contributed by atoms with E-state index in [0.717, 1.165) is 18.4 Å². The number of ether oxygens (including phenoxy) is 1. The van der Waals surface area contributed by atoms with Crippen molar-refractivity contribution in [3.8, 4) is 0 Å². The molecule has 8 heteroatoms. The average Bonchev–Trinajstić information content (AvgIpc) is 2.67. The van der Waals surface area contributed by atoms with Crippen molar-refractivity contribution >= 4 is 52.4 Å². The van der Waals surface area contributed by atoms with Crippen LogP contribution in [0.3, 0.4) is 0 Å². The summed E-state index contributed by atoms with van der Waals surface area (Å²) in [4.78, 5) is 24.6. The van der Waals surface area contributed by atoms with E-state index in [1.807, 2.05) is 26.0 Å². The quantitative estimate of drug-likeness (QED) is 0.238. The summed E-state index contributed by atoms with van der Waals surface area (Å²) in [5.74, 6) is -0.765. The maximum absolute atomic E-state index is 12.6. The molecule has 0 heterocycles. The van der Waals surface area contributed by atoms with Crippen molar-refractivity contribution in [3.63, 3.8) is 0 Å². The highest BCUT2D eigenvalue weighted by molar-refractivity contribution is 6.68. The summed E-state index contributed by atoms with van der Waals surface area (Å²) in [6.07, 6.45) is 0.765. The van der Waals surface area contributed by atoms with Crippen LogP contribution in [0, 0.1) is 6.92 Å². The van der Waals surface area contributed by atoms with E-state index in [-0.39, 0.29) is 5.91 Å². The predicted octanol–water partition coefficient (Wildman–Crippen LogP) is 5.49. The minimum Gasteiger partial charge on any atom is -0.462 e. The number of hydrogen-bond acceptors (Lipinski definition) is 4. The number of halogens is 3. The third-order valence-electron chi connectivity index (χ3n) is 4.16. The summed E-state index contributed by atoms with van der Waals surface area (Å²) in [7, 11) is 0. The Morgan fingerprint density at radius 3 is 2.31 bits per heavy atom. The fraction of sp³-hybridized carbons (Fsp3) is 0.333. The van der Waals surface area contributed by atoms with Crippen LogP contribution in [-0.2, 0) is 4.74 Å². The normalized spacial score (nSPS) is 12.2. The number of rotatable bonds is 8. The van der Waals surface area contributed by atoms with Gasteiger partial charge in [-0.1, -0.05) is 66.3 Å². The number of carbonyl (C=O) groups excluding carboxylic acids is 2. The van der Waals surface area contributed by atoms with Gasteiger partial charge in [-0.15, -0.1) is 0 Å². The molecule has 0 saturated carbocycles. The van der Waals surface area contributed by atoms with Gasteiger partial charge in [0.15, 0.2) is 0 Å². The Labute approximate surface area is 185 Å². The van der Waals surface area contributed by atoms with Crippen molar-refractivity contribution < 1.29 is 14.3 Å². The predicted molar refractivity (Wildman–Crippen MR) is 118 cm³/mol. The third kappa shape index (κ3) is 7.11. The maximum Gasteiger partial charge on any atom is 0.338 e. The van der Waals surface area contributed by atoms with Gasteiger partial charge >= 0.3 is 5.97 Å². The van der Waals surface area contributed by atoms with E-state index in [2.05, 4.69) is 10.6 Å². The van der Waals surface area contributed by atoms with Gasteiger partial charge in [-0.3, -0.25) is 4.79 Å². The van der Waals surface area contributed by atoms with Crippen LogP contribution in [0.1, 0.15) is 46.0 Å². The molecule has 1 atom stereocenters. The molecule has 0 aliphatic rings. The van der Waals surface area contributed by atoms with E-state index >= 15 is 0 Å². The van der Waals surface area contributed by atoms with Crippen LogP contribution in [0.4, 0.5) is 5.69 Å². The Balaban J connectivity index is 2.08. The average molecular weight is 458 g/mol. The highest BCUT2D eigenvalue weighted by atomic mass is 35.6.